The SMILES string of the molecule is O=C1CC(C(=O)Nc2ccccc2Cl)c2c(nc(SCc3ccccc3F)[nH]c2=O)N1. The summed E-state index contributed by atoms with van der Waals surface area (Å²) in [6.07, 6.45) is -0.199. The summed E-state index contributed by atoms with van der Waals surface area (Å²) in [5, 5.41) is 5.75. The Labute approximate surface area is 185 Å². The van der Waals surface area contributed by atoms with Crippen LogP contribution in [0, 0.1) is 5.82 Å². The van der Waals surface area contributed by atoms with Gasteiger partial charge < -0.3 is 15.6 Å². The van der Waals surface area contributed by atoms with Gasteiger partial charge in [-0.2, -0.15) is 0 Å². The van der Waals surface area contributed by atoms with Crippen LogP contribution < -0.4 is 16.2 Å². The normalized spacial score (nSPS) is 15.2. The van der Waals surface area contributed by atoms with Crippen LogP contribution in [-0.2, 0) is 15.3 Å². The van der Waals surface area contributed by atoms with Gasteiger partial charge in [0.15, 0.2) is 5.16 Å². The van der Waals surface area contributed by atoms with E-state index in [2.05, 4.69) is 20.6 Å². The summed E-state index contributed by atoms with van der Waals surface area (Å²) in [7, 11) is 0. The molecule has 3 aromatic rings. The predicted octanol–water partition coefficient (Wildman–Crippen LogP) is 3.92. The largest absolute Gasteiger partial charge is 0.324 e. The monoisotopic (exact) mass is 458 g/mol. The molecule has 0 saturated carbocycles. The molecule has 31 heavy (non-hydrogen) atoms. The van der Waals surface area contributed by atoms with Gasteiger partial charge in [0.1, 0.15) is 11.6 Å². The highest BCUT2D eigenvalue weighted by Gasteiger charge is 2.35. The lowest BCUT2D eigenvalue weighted by atomic mass is 9.92. The zero-order chi connectivity index (χ0) is 22.0. The molecule has 10 heteroatoms. The van der Waals surface area contributed by atoms with Crippen LogP contribution in [0.5, 0.6) is 0 Å². The number of carbonyl (C=O) groups is 2. The average Bonchev–Trinajstić information content (AvgIpc) is 2.74. The van der Waals surface area contributed by atoms with Gasteiger partial charge in [0.2, 0.25) is 11.8 Å². The third-order valence-electron chi connectivity index (χ3n) is 4.70. The fourth-order valence-electron chi connectivity index (χ4n) is 3.19. The summed E-state index contributed by atoms with van der Waals surface area (Å²) >= 11 is 7.20. The van der Waals surface area contributed by atoms with Crippen molar-refractivity contribution in [2.75, 3.05) is 10.6 Å². The molecule has 2 amide bonds. The maximum absolute atomic E-state index is 13.8. The smallest absolute Gasteiger partial charge is 0.257 e. The van der Waals surface area contributed by atoms with Crippen molar-refractivity contribution in [1.29, 1.82) is 0 Å². The minimum atomic E-state index is -1.03. The molecule has 2 aromatic carbocycles. The van der Waals surface area contributed by atoms with Gasteiger partial charge in [-0.15, -0.1) is 0 Å². The van der Waals surface area contributed by atoms with Crippen molar-refractivity contribution in [2.45, 2.75) is 23.2 Å². The molecule has 1 aromatic heterocycles. The molecule has 0 radical (unpaired) electrons. The van der Waals surface area contributed by atoms with Crippen LogP contribution in [-0.4, -0.2) is 21.8 Å². The Bertz CT molecular complexity index is 1230. The summed E-state index contributed by atoms with van der Waals surface area (Å²) in [5.41, 5.74) is 0.358. The molecule has 0 bridgehead atoms. The van der Waals surface area contributed by atoms with Crippen molar-refractivity contribution < 1.29 is 14.0 Å². The molecule has 0 saturated heterocycles. The Hall–Kier alpha value is -3.17. The highest BCUT2D eigenvalue weighted by Crippen LogP contribution is 2.32. The van der Waals surface area contributed by atoms with Crippen molar-refractivity contribution in [3.8, 4) is 0 Å². The number of para-hydroxylation sites is 1. The van der Waals surface area contributed by atoms with Gasteiger partial charge in [0.05, 0.1) is 22.2 Å². The van der Waals surface area contributed by atoms with Crippen LogP contribution in [0.1, 0.15) is 23.5 Å². The molecule has 1 atom stereocenters. The van der Waals surface area contributed by atoms with E-state index in [1.165, 1.54) is 6.07 Å². The van der Waals surface area contributed by atoms with Gasteiger partial charge in [-0.05, 0) is 23.8 Å². The number of H-pyrrole nitrogens is 1. The summed E-state index contributed by atoms with van der Waals surface area (Å²) < 4.78 is 13.8. The molecule has 4 rings (SSSR count). The number of aromatic nitrogens is 2. The van der Waals surface area contributed by atoms with E-state index in [-0.39, 0.29) is 34.5 Å². The van der Waals surface area contributed by atoms with Crippen molar-refractivity contribution in [2.24, 2.45) is 0 Å². The first-order chi connectivity index (χ1) is 14.9. The van der Waals surface area contributed by atoms with Crippen LogP contribution in [0.25, 0.3) is 0 Å². The third-order valence-corrected chi connectivity index (χ3v) is 5.95. The summed E-state index contributed by atoms with van der Waals surface area (Å²) in [4.78, 5) is 44.7. The van der Waals surface area contributed by atoms with Gasteiger partial charge in [-0.3, -0.25) is 14.4 Å². The molecule has 7 nitrogen and oxygen atoms in total. The molecule has 1 aliphatic rings. The number of nitrogens with zero attached hydrogens (tertiary/aromatic N) is 1. The molecule has 158 valence electrons. The molecule has 1 aliphatic heterocycles. The molecular weight excluding hydrogens is 443 g/mol. The van der Waals surface area contributed by atoms with E-state index in [0.29, 0.717) is 16.3 Å². The molecular formula is C21H16ClFN4O3S. The Balaban J connectivity index is 1.59. The topological polar surface area (TPSA) is 104 Å². The lowest BCUT2D eigenvalue weighted by molar-refractivity contribution is -0.123. The van der Waals surface area contributed by atoms with Crippen molar-refractivity contribution >= 4 is 46.7 Å². The fraction of sp³-hybridized carbons (Fsp3) is 0.143. The Morgan fingerprint density at radius 2 is 1.94 bits per heavy atom. The van der Waals surface area contributed by atoms with Crippen molar-refractivity contribution in [1.82, 2.24) is 9.97 Å². The number of halogens is 2. The number of rotatable bonds is 5. The number of thioether (sulfide) groups is 1. The summed E-state index contributed by atoms with van der Waals surface area (Å²) in [5.74, 6) is -2.10. The molecule has 0 fully saturated rings. The minimum absolute atomic E-state index is 0.0235. The molecule has 1 unspecified atom stereocenters. The maximum Gasteiger partial charge on any atom is 0.257 e. The van der Waals surface area contributed by atoms with Crippen LogP contribution in [0.15, 0.2) is 58.5 Å². The first-order valence-electron chi connectivity index (χ1n) is 9.28. The molecule has 3 N–H and O–H groups in total. The average molecular weight is 459 g/mol. The lowest BCUT2D eigenvalue weighted by Crippen LogP contribution is -2.36. The van der Waals surface area contributed by atoms with Crippen LogP contribution in [0.2, 0.25) is 5.02 Å². The van der Waals surface area contributed by atoms with E-state index in [1.54, 1.807) is 42.5 Å². The molecule has 0 spiro atoms. The number of anilines is 2. The maximum atomic E-state index is 13.8. The highest BCUT2D eigenvalue weighted by atomic mass is 35.5. The number of hydrogen-bond acceptors (Lipinski definition) is 5. The number of aromatic amines is 1. The second kappa shape index (κ2) is 8.91. The third kappa shape index (κ3) is 4.62. The Morgan fingerprint density at radius 1 is 1.19 bits per heavy atom. The lowest BCUT2D eigenvalue weighted by Gasteiger charge is -2.23. The highest BCUT2D eigenvalue weighted by molar-refractivity contribution is 7.98. The van der Waals surface area contributed by atoms with Gasteiger partial charge >= 0.3 is 0 Å². The Kier molecular flexibility index (Phi) is 6.06. The standard InChI is InChI=1S/C21H16ClFN4O3S/c22-13-6-2-4-8-15(13)24-19(29)12-9-16(28)25-18-17(12)20(30)27-21(26-18)31-10-11-5-1-3-7-14(11)23/h1-8,12H,9-10H2,(H,24,29)(H2,25,26,27,28,30). The van der Waals surface area contributed by atoms with E-state index in [9.17, 15) is 18.8 Å². The van der Waals surface area contributed by atoms with E-state index < -0.39 is 23.3 Å². The van der Waals surface area contributed by atoms with Gasteiger partial charge in [-0.1, -0.05) is 53.7 Å². The Morgan fingerprint density at radius 3 is 2.71 bits per heavy atom. The zero-order valence-electron chi connectivity index (χ0n) is 15.9. The second-order valence-corrected chi connectivity index (χ2v) is 8.16. The molecule has 0 aliphatic carbocycles. The number of benzene rings is 2. The van der Waals surface area contributed by atoms with Crippen molar-refractivity contribution in [3.63, 3.8) is 0 Å². The van der Waals surface area contributed by atoms with E-state index in [4.69, 9.17) is 11.6 Å². The van der Waals surface area contributed by atoms with Crippen LogP contribution in [0.3, 0.4) is 0 Å². The van der Waals surface area contributed by atoms with E-state index >= 15 is 0 Å². The minimum Gasteiger partial charge on any atom is -0.324 e. The first-order valence-corrected chi connectivity index (χ1v) is 10.6. The van der Waals surface area contributed by atoms with Crippen molar-refractivity contribution in [3.05, 3.63) is 80.9 Å². The van der Waals surface area contributed by atoms with Gasteiger partial charge in [-0.25, -0.2) is 9.37 Å². The number of hydrogen-bond donors (Lipinski definition) is 3. The molecule has 2 heterocycles. The number of fused-ring (bicyclic) bond motifs is 1. The first kappa shape index (κ1) is 21.1. The number of nitrogens with one attached hydrogen (secondary N) is 3. The quantitative estimate of drug-likeness (QED) is 0.397. The van der Waals surface area contributed by atoms with E-state index in [0.717, 1.165) is 11.8 Å². The van der Waals surface area contributed by atoms with Crippen LogP contribution >= 0.6 is 23.4 Å². The summed E-state index contributed by atoms with van der Waals surface area (Å²) in [6.45, 7) is 0. The van der Waals surface area contributed by atoms with Gasteiger partial charge in [0, 0.05) is 12.2 Å². The zero-order valence-corrected chi connectivity index (χ0v) is 17.5. The van der Waals surface area contributed by atoms with E-state index in [1.807, 2.05) is 0 Å². The second-order valence-electron chi connectivity index (χ2n) is 6.79. The fourth-order valence-corrected chi connectivity index (χ4v) is 4.22. The predicted molar refractivity (Wildman–Crippen MR) is 117 cm³/mol. The van der Waals surface area contributed by atoms with Crippen LogP contribution in [0.4, 0.5) is 15.9 Å². The summed E-state index contributed by atoms with van der Waals surface area (Å²) in [6, 6.07) is 12.9. The number of carbonyl (C=O) groups excluding carboxylic acids is 2. The number of amides is 2. The van der Waals surface area contributed by atoms with Gasteiger partial charge in [0.25, 0.3) is 5.56 Å².